The fraction of sp³-hybridized carbons (Fsp3) is 0.889. The molecule has 1 aliphatic rings. The van der Waals surface area contributed by atoms with Crippen molar-refractivity contribution in [1.29, 1.82) is 0 Å². The maximum Gasteiger partial charge on any atom is 0.303 e. The number of carboxylic acids is 1. The molecule has 64 valence electrons. The lowest BCUT2D eigenvalue weighted by molar-refractivity contribution is -0.142. The van der Waals surface area contributed by atoms with Gasteiger partial charge in [0.05, 0.1) is 6.42 Å². The van der Waals surface area contributed by atoms with Gasteiger partial charge >= 0.3 is 5.97 Å². The topological polar surface area (TPSA) is 37.3 Å². The molecule has 1 aliphatic carbocycles. The minimum Gasteiger partial charge on any atom is -0.481 e. The molecule has 1 saturated carbocycles. The van der Waals surface area contributed by atoms with E-state index in [9.17, 15) is 4.79 Å². The average Bonchev–Trinajstić information content (AvgIpc) is 1.77. The van der Waals surface area contributed by atoms with E-state index >= 15 is 0 Å². The molecule has 0 radical (unpaired) electrons. The van der Waals surface area contributed by atoms with Crippen LogP contribution in [0.1, 0.15) is 39.5 Å². The molecule has 0 aromatic carbocycles. The third-order valence-electron chi connectivity index (χ3n) is 3.08. The summed E-state index contributed by atoms with van der Waals surface area (Å²) in [4.78, 5) is 10.5. The Morgan fingerprint density at radius 1 is 1.55 bits per heavy atom. The van der Waals surface area contributed by atoms with Crippen LogP contribution in [-0.2, 0) is 4.79 Å². The molecular weight excluding hydrogens is 140 g/mol. The fourth-order valence-corrected chi connectivity index (χ4v) is 1.89. The van der Waals surface area contributed by atoms with E-state index in [0.29, 0.717) is 12.3 Å². The van der Waals surface area contributed by atoms with Crippen LogP contribution in [0, 0.1) is 11.3 Å². The molecule has 11 heavy (non-hydrogen) atoms. The predicted octanol–water partition coefficient (Wildman–Crippen LogP) is 2.29. The van der Waals surface area contributed by atoms with Crippen molar-refractivity contribution in [2.75, 3.05) is 0 Å². The highest BCUT2D eigenvalue weighted by atomic mass is 16.4. The van der Waals surface area contributed by atoms with Gasteiger partial charge in [0.2, 0.25) is 0 Å². The molecule has 0 aromatic rings. The molecule has 2 nitrogen and oxygen atoms in total. The number of hydrogen-bond donors (Lipinski definition) is 1. The van der Waals surface area contributed by atoms with Gasteiger partial charge in [0.15, 0.2) is 0 Å². The first-order chi connectivity index (χ1) is 5.07. The fourth-order valence-electron chi connectivity index (χ4n) is 1.89. The van der Waals surface area contributed by atoms with Crippen LogP contribution in [0.3, 0.4) is 0 Å². The molecule has 1 rings (SSSR count). The maximum atomic E-state index is 10.5. The predicted molar refractivity (Wildman–Crippen MR) is 43.4 cm³/mol. The van der Waals surface area contributed by atoms with Crippen LogP contribution in [0.15, 0.2) is 0 Å². The highest BCUT2D eigenvalue weighted by Crippen LogP contribution is 2.49. The van der Waals surface area contributed by atoms with Crippen molar-refractivity contribution in [2.24, 2.45) is 11.3 Å². The number of carbonyl (C=O) groups is 1. The van der Waals surface area contributed by atoms with Crippen molar-refractivity contribution in [1.82, 2.24) is 0 Å². The van der Waals surface area contributed by atoms with Crippen molar-refractivity contribution in [3.8, 4) is 0 Å². The molecule has 0 heterocycles. The van der Waals surface area contributed by atoms with E-state index in [4.69, 9.17) is 5.11 Å². The van der Waals surface area contributed by atoms with E-state index in [1.165, 1.54) is 6.42 Å². The molecule has 0 atom stereocenters. The Hall–Kier alpha value is -0.530. The number of rotatable bonds is 3. The molecule has 0 bridgehead atoms. The summed E-state index contributed by atoms with van der Waals surface area (Å²) in [5.74, 6) is -0.120. The van der Waals surface area contributed by atoms with Crippen LogP contribution < -0.4 is 0 Å². The van der Waals surface area contributed by atoms with Crippen LogP contribution >= 0.6 is 0 Å². The van der Waals surface area contributed by atoms with E-state index in [2.05, 4.69) is 13.8 Å². The van der Waals surface area contributed by atoms with Crippen molar-refractivity contribution in [2.45, 2.75) is 39.5 Å². The van der Waals surface area contributed by atoms with Crippen LogP contribution in [0.5, 0.6) is 0 Å². The second kappa shape index (κ2) is 2.84. The summed E-state index contributed by atoms with van der Waals surface area (Å²) in [5, 5.41) is 8.66. The van der Waals surface area contributed by atoms with Crippen LogP contribution in [0.4, 0.5) is 0 Å². The third-order valence-corrected chi connectivity index (χ3v) is 3.08. The van der Waals surface area contributed by atoms with E-state index in [1.807, 2.05) is 0 Å². The first-order valence-corrected chi connectivity index (χ1v) is 4.29. The van der Waals surface area contributed by atoms with Gasteiger partial charge in [-0.1, -0.05) is 20.3 Å². The van der Waals surface area contributed by atoms with Gasteiger partial charge in [-0.05, 0) is 24.2 Å². The molecule has 0 spiro atoms. The van der Waals surface area contributed by atoms with Gasteiger partial charge in [0.1, 0.15) is 0 Å². The zero-order valence-electron chi connectivity index (χ0n) is 7.26. The summed E-state index contributed by atoms with van der Waals surface area (Å²) in [7, 11) is 0. The SMILES string of the molecule is CC(C)C1(CC(=O)O)CCC1. The highest BCUT2D eigenvalue weighted by Gasteiger charge is 2.41. The Morgan fingerprint density at radius 2 is 2.09 bits per heavy atom. The van der Waals surface area contributed by atoms with Crippen molar-refractivity contribution >= 4 is 5.97 Å². The second-order valence-corrected chi connectivity index (χ2v) is 3.94. The molecule has 0 aromatic heterocycles. The van der Waals surface area contributed by atoms with Crippen molar-refractivity contribution < 1.29 is 9.90 Å². The van der Waals surface area contributed by atoms with Crippen LogP contribution in [0.25, 0.3) is 0 Å². The van der Waals surface area contributed by atoms with Crippen LogP contribution in [0.2, 0.25) is 0 Å². The summed E-state index contributed by atoms with van der Waals surface area (Å²) >= 11 is 0. The molecule has 0 unspecified atom stereocenters. The summed E-state index contributed by atoms with van der Waals surface area (Å²) < 4.78 is 0. The van der Waals surface area contributed by atoms with Gasteiger partial charge in [0.25, 0.3) is 0 Å². The summed E-state index contributed by atoms with van der Waals surface area (Å²) in [6.45, 7) is 4.25. The number of hydrogen-bond acceptors (Lipinski definition) is 1. The normalized spacial score (nSPS) is 21.4. The lowest BCUT2D eigenvalue weighted by Gasteiger charge is -2.44. The summed E-state index contributed by atoms with van der Waals surface area (Å²) in [6.07, 6.45) is 3.80. The molecule has 0 amide bonds. The monoisotopic (exact) mass is 156 g/mol. The molecule has 0 aliphatic heterocycles. The number of carboxylic acid groups (broad SMARTS) is 1. The Balaban J connectivity index is 2.53. The molecule has 1 N–H and O–H groups in total. The molecular formula is C9H16O2. The minimum absolute atomic E-state index is 0.145. The Labute approximate surface area is 67.6 Å². The van der Waals surface area contributed by atoms with E-state index < -0.39 is 5.97 Å². The first-order valence-electron chi connectivity index (χ1n) is 4.29. The Morgan fingerprint density at radius 3 is 2.18 bits per heavy atom. The first kappa shape index (κ1) is 8.57. The van der Waals surface area contributed by atoms with E-state index in [1.54, 1.807) is 0 Å². The zero-order valence-corrected chi connectivity index (χ0v) is 7.26. The van der Waals surface area contributed by atoms with Crippen molar-refractivity contribution in [3.05, 3.63) is 0 Å². The van der Waals surface area contributed by atoms with E-state index in [0.717, 1.165) is 12.8 Å². The lowest BCUT2D eigenvalue weighted by Crippen LogP contribution is -2.36. The van der Waals surface area contributed by atoms with Crippen LogP contribution in [-0.4, -0.2) is 11.1 Å². The standard InChI is InChI=1S/C9H16O2/c1-7(2)9(4-3-5-9)6-8(10)11/h7H,3-6H2,1-2H3,(H,10,11). The zero-order chi connectivity index (χ0) is 8.48. The van der Waals surface area contributed by atoms with Gasteiger partial charge in [-0.25, -0.2) is 0 Å². The Kier molecular flexibility index (Phi) is 2.21. The molecule has 1 fully saturated rings. The van der Waals surface area contributed by atoms with Gasteiger partial charge in [-0.2, -0.15) is 0 Å². The molecule has 2 heteroatoms. The minimum atomic E-state index is -0.640. The van der Waals surface area contributed by atoms with Gasteiger partial charge in [-0.15, -0.1) is 0 Å². The summed E-state index contributed by atoms with van der Waals surface area (Å²) in [6, 6.07) is 0. The molecule has 0 saturated heterocycles. The highest BCUT2D eigenvalue weighted by molar-refractivity contribution is 5.67. The van der Waals surface area contributed by atoms with Gasteiger partial charge < -0.3 is 5.11 Å². The lowest BCUT2D eigenvalue weighted by atomic mass is 9.60. The number of aliphatic carboxylic acids is 1. The second-order valence-electron chi connectivity index (χ2n) is 3.94. The quantitative estimate of drug-likeness (QED) is 0.680. The average molecular weight is 156 g/mol. The summed E-state index contributed by atoms with van der Waals surface area (Å²) in [5.41, 5.74) is 0.145. The maximum absolute atomic E-state index is 10.5. The largest absolute Gasteiger partial charge is 0.481 e. The third kappa shape index (κ3) is 1.55. The van der Waals surface area contributed by atoms with Gasteiger partial charge in [0, 0.05) is 0 Å². The van der Waals surface area contributed by atoms with Gasteiger partial charge in [-0.3, -0.25) is 4.79 Å². The van der Waals surface area contributed by atoms with E-state index in [-0.39, 0.29) is 5.41 Å². The Bertz CT molecular complexity index is 157. The smallest absolute Gasteiger partial charge is 0.303 e. The van der Waals surface area contributed by atoms with Crippen molar-refractivity contribution in [3.63, 3.8) is 0 Å².